The summed E-state index contributed by atoms with van der Waals surface area (Å²) >= 11 is 0. The lowest BCUT2D eigenvalue weighted by molar-refractivity contribution is -0.139. The maximum Gasteiger partial charge on any atom is 0.312 e. The molecule has 1 saturated carbocycles. The fraction of sp³-hybridized carbons (Fsp3) is 0.333. The Kier molecular flexibility index (Phi) is 6.51. The summed E-state index contributed by atoms with van der Waals surface area (Å²) in [6.45, 7) is 3.48. The van der Waals surface area contributed by atoms with E-state index in [-0.39, 0.29) is 22.4 Å². The molecule has 10 heteroatoms. The highest BCUT2D eigenvalue weighted by atomic mass is 32.2. The Morgan fingerprint density at radius 2 is 1.77 bits per heavy atom. The smallest absolute Gasteiger partial charge is 0.312 e. The second-order valence-corrected chi connectivity index (χ2v) is 9.22. The van der Waals surface area contributed by atoms with Crippen molar-refractivity contribution in [1.29, 1.82) is 0 Å². The number of anilines is 1. The summed E-state index contributed by atoms with van der Waals surface area (Å²) in [5, 5.41) is 21.3. The Balaban J connectivity index is 1.82. The van der Waals surface area contributed by atoms with Gasteiger partial charge in [-0.25, -0.2) is 13.1 Å². The molecule has 1 aliphatic carbocycles. The molecule has 0 spiro atoms. The van der Waals surface area contributed by atoms with Gasteiger partial charge < -0.3 is 20.3 Å². The van der Waals surface area contributed by atoms with Gasteiger partial charge in [0, 0.05) is 17.8 Å². The summed E-state index contributed by atoms with van der Waals surface area (Å²) in [5.74, 6) is -1.56. The van der Waals surface area contributed by atoms with Crippen molar-refractivity contribution in [1.82, 2.24) is 4.72 Å². The molecule has 0 atom stereocenters. The minimum atomic E-state index is -3.89. The van der Waals surface area contributed by atoms with Gasteiger partial charge >= 0.3 is 5.97 Å². The first kappa shape index (κ1) is 22.6. The van der Waals surface area contributed by atoms with Crippen LogP contribution < -0.4 is 14.8 Å². The van der Waals surface area contributed by atoms with Crippen molar-refractivity contribution in [2.24, 2.45) is 0 Å². The number of carboxylic acid groups (broad SMARTS) is 1. The van der Waals surface area contributed by atoms with Crippen LogP contribution in [0.5, 0.6) is 17.2 Å². The minimum absolute atomic E-state index is 0.123. The summed E-state index contributed by atoms with van der Waals surface area (Å²) in [5.41, 5.74) is 1.72. The van der Waals surface area contributed by atoms with E-state index < -0.39 is 28.3 Å². The number of phenols is 1. The molecule has 0 unspecified atom stereocenters. The van der Waals surface area contributed by atoms with Crippen molar-refractivity contribution in [3.63, 3.8) is 0 Å². The molecule has 0 saturated heterocycles. The predicted octanol–water partition coefficient (Wildman–Crippen LogP) is 3.05. The van der Waals surface area contributed by atoms with Gasteiger partial charge in [-0.05, 0) is 62.1 Å². The molecule has 0 radical (unpaired) electrons. The molecule has 1 amide bonds. The average molecular weight is 448 g/mol. The van der Waals surface area contributed by atoms with E-state index in [0.29, 0.717) is 22.6 Å². The third kappa shape index (κ3) is 5.53. The Morgan fingerprint density at radius 1 is 1.13 bits per heavy atom. The molecule has 0 bridgehead atoms. The largest absolute Gasteiger partial charge is 0.507 e. The molecule has 4 N–H and O–H groups in total. The van der Waals surface area contributed by atoms with Gasteiger partial charge in [0.15, 0.2) is 0 Å². The van der Waals surface area contributed by atoms with E-state index in [0.717, 1.165) is 19.3 Å². The molecule has 31 heavy (non-hydrogen) atoms. The van der Waals surface area contributed by atoms with Crippen LogP contribution in [-0.4, -0.2) is 36.5 Å². The van der Waals surface area contributed by atoms with Crippen LogP contribution in [0.4, 0.5) is 5.69 Å². The number of nitrogens with one attached hydrogen (secondary N) is 2. The first-order valence-corrected chi connectivity index (χ1v) is 11.2. The van der Waals surface area contributed by atoms with Crippen LogP contribution in [0.3, 0.4) is 0 Å². The summed E-state index contributed by atoms with van der Waals surface area (Å²) < 4.78 is 33.7. The summed E-state index contributed by atoms with van der Waals surface area (Å²) in [6, 6.07) is 7.10. The lowest BCUT2D eigenvalue weighted by Crippen LogP contribution is -2.39. The number of aliphatic carboxylic acids is 1. The van der Waals surface area contributed by atoms with Gasteiger partial charge in [0.2, 0.25) is 15.9 Å². The van der Waals surface area contributed by atoms with Crippen LogP contribution in [-0.2, 0) is 19.6 Å². The van der Waals surface area contributed by atoms with Crippen molar-refractivity contribution >= 4 is 27.6 Å². The molecule has 2 aromatic carbocycles. The molecule has 9 nitrogen and oxygen atoms in total. The number of benzene rings is 2. The quantitative estimate of drug-likeness (QED) is 0.455. The number of carbonyl (C=O) groups excluding carboxylic acids is 1. The van der Waals surface area contributed by atoms with Crippen molar-refractivity contribution in [3.8, 4) is 17.2 Å². The van der Waals surface area contributed by atoms with E-state index in [2.05, 4.69) is 10.0 Å². The van der Waals surface area contributed by atoms with Gasteiger partial charge in [-0.1, -0.05) is 6.42 Å². The van der Waals surface area contributed by atoms with E-state index in [1.54, 1.807) is 26.0 Å². The van der Waals surface area contributed by atoms with Gasteiger partial charge in [-0.3, -0.25) is 9.59 Å². The van der Waals surface area contributed by atoms with Crippen molar-refractivity contribution < 1.29 is 33.0 Å². The van der Waals surface area contributed by atoms with E-state index in [1.165, 1.54) is 18.2 Å². The lowest BCUT2D eigenvalue weighted by Gasteiger charge is -2.26. The number of phenolic OH excluding ortho intramolecular Hbond substituents is 1. The maximum absolute atomic E-state index is 12.6. The lowest BCUT2D eigenvalue weighted by atomic mass is 9.94. The van der Waals surface area contributed by atoms with Crippen LogP contribution in [0.15, 0.2) is 35.2 Å². The highest BCUT2D eigenvalue weighted by molar-refractivity contribution is 7.89. The zero-order valence-corrected chi connectivity index (χ0v) is 18.0. The van der Waals surface area contributed by atoms with Crippen LogP contribution >= 0.6 is 0 Å². The SMILES string of the molecule is Cc1cc(NC(=O)CC(=O)O)cc(C)c1Oc1ccc(O)c(S(=O)(=O)NC2CCC2)c1. The number of rotatable bonds is 8. The number of carbonyl (C=O) groups is 2. The molecular formula is C21H24N2O7S. The zero-order chi connectivity index (χ0) is 22.8. The number of sulfonamides is 1. The van der Waals surface area contributed by atoms with E-state index in [4.69, 9.17) is 9.84 Å². The number of aromatic hydroxyl groups is 1. The molecule has 1 aliphatic rings. The van der Waals surface area contributed by atoms with Crippen molar-refractivity contribution in [2.45, 2.75) is 50.5 Å². The molecule has 1 fully saturated rings. The predicted molar refractivity (Wildman–Crippen MR) is 113 cm³/mol. The third-order valence-electron chi connectivity index (χ3n) is 4.92. The van der Waals surface area contributed by atoms with Gasteiger partial charge in [-0.2, -0.15) is 0 Å². The molecule has 0 heterocycles. The van der Waals surface area contributed by atoms with Crippen molar-refractivity contribution in [2.75, 3.05) is 5.32 Å². The second kappa shape index (κ2) is 8.94. The first-order chi connectivity index (χ1) is 14.5. The topological polar surface area (TPSA) is 142 Å². The summed E-state index contributed by atoms with van der Waals surface area (Å²) in [4.78, 5) is 22.1. The third-order valence-corrected chi connectivity index (χ3v) is 6.47. The standard InChI is InChI=1S/C21H24N2O7S/c1-12-8-15(22-19(25)11-20(26)27)9-13(2)21(12)30-16-6-7-17(24)18(10-16)31(28,29)23-14-4-3-5-14/h6-10,14,23-24H,3-5,11H2,1-2H3,(H,22,25)(H,26,27). The van der Waals surface area contributed by atoms with Gasteiger partial charge in [0.05, 0.1) is 0 Å². The minimum Gasteiger partial charge on any atom is -0.507 e. The highest BCUT2D eigenvalue weighted by Crippen LogP contribution is 2.35. The van der Waals surface area contributed by atoms with Gasteiger partial charge in [0.25, 0.3) is 0 Å². The first-order valence-electron chi connectivity index (χ1n) is 9.71. The summed E-state index contributed by atoms with van der Waals surface area (Å²) in [7, 11) is -3.89. The van der Waals surface area contributed by atoms with Crippen LogP contribution in [0, 0.1) is 13.8 Å². The van der Waals surface area contributed by atoms with Gasteiger partial charge in [-0.15, -0.1) is 0 Å². The monoisotopic (exact) mass is 448 g/mol. The Labute approximate surface area is 180 Å². The number of hydrogen-bond acceptors (Lipinski definition) is 6. The number of amides is 1. The molecule has 2 aromatic rings. The number of carboxylic acids is 1. The Bertz CT molecular complexity index is 1100. The normalized spacial score (nSPS) is 14.0. The van der Waals surface area contributed by atoms with Crippen LogP contribution in [0.2, 0.25) is 0 Å². The van der Waals surface area contributed by atoms with Crippen LogP contribution in [0.25, 0.3) is 0 Å². The Hall–Kier alpha value is -3.11. The molecule has 166 valence electrons. The van der Waals surface area contributed by atoms with Gasteiger partial charge in [0.1, 0.15) is 28.6 Å². The zero-order valence-electron chi connectivity index (χ0n) is 17.1. The van der Waals surface area contributed by atoms with E-state index in [1.807, 2.05) is 0 Å². The number of aryl methyl sites for hydroxylation is 2. The van der Waals surface area contributed by atoms with E-state index >= 15 is 0 Å². The summed E-state index contributed by atoms with van der Waals surface area (Å²) in [6.07, 6.45) is 1.86. The molecular weight excluding hydrogens is 424 g/mol. The second-order valence-electron chi connectivity index (χ2n) is 7.54. The Morgan fingerprint density at radius 3 is 2.32 bits per heavy atom. The number of hydrogen-bond donors (Lipinski definition) is 4. The molecule has 0 aliphatic heterocycles. The van der Waals surface area contributed by atoms with Crippen molar-refractivity contribution in [3.05, 3.63) is 41.5 Å². The molecule has 3 rings (SSSR count). The molecule has 0 aromatic heterocycles. The van der Waals surface area contributed by atoms with Crippen LogP contribution in [0.1, 0.15) is 36.8 Å². The highest BCUT2D eigenvalue weighted by Gasteiger charge is 2.27. The fourth-order valence-electron chi connectivity index (χ4n) is 3.23. The fourth-order valence-corrected chi connectivity index (χ4v) is 4.64. The average Bonchev–Trinajstić information content (AvgIpc) is 2.62. The maximum atomic E-state index is 12.6. The number of ether oxygens (including phenoxy) is 1. The van der Waals surface area contributed by atoms with E-state index in [9.17, 15) is 23.1 Å².